The summed E-state index contributed by atoms with van der Waals surface area (Å²) in [5.41, 5.74) is 3.20. The molecule has 3 heterocycles. The van der Waals surface area contributed by atoms with Crippen LogP contribution in [0.15, 0.2) is 48.8 Å². The Balaban J connectivity index is 1.42. The van der Waals surface area contributed by atoms with Gasteiger partial charge in [0.2, 0.25) is 0 Å². The topological polar surface area (TPSA) is 74.6 Å². The lowest BCUT2D eigenvalue weighted by molar-refractivity contribution is -0.100. The predicted molar refractivity (Wildman–Crippen MR) is 118 cm³/mol. The maximum atomic E-state index is 12.5. The van der Waals surface area contributed by atoms with Gasteiger partial charge in [-0.3, -0.25) is 5.32 Å². The van der Waals surface area contributed by atoms with Crippen LogP contribution >= 0.6 is 0 Å². The summed E-state index contributed by atoms with van der Waals surface area (Å²) in [5.74, 6) is 0. The molecule has 4 rings (SSSR count). The zero-order valence-electron chi connectivity index (χ0n) is 18.4. The van der Waals surface area contributed by atoms with Crippen molar-refractivity contribution in [2.45, 2.75) is 52.2 Å². The fraction of sp³-hybridized carbons (Fsp3) is 0.417. The van der Waals surface area contributed by atoms with Crippen molar-refractivity contribution in [1.82, 2.24) is 14.9 Å². The van der Waals surface area contributed by atoms with E-state index in [2.05, 4.69) is 10.3 Å². The Labute approximate surface area is 182 Å². The van der Waals surface area contributed by atoms with Gasteiger partial charge in [0.05, 0.1) is 19.3 Å². The van der Waals surface area contributed by atoms with Crippen molar-refractivity contribution < 1.29 is 19.0 Å². The first-order chi connectivity index (χ1) is 14.8. The van der Waals surface area contributed by atoms with E-state index < -0.39 is 11.7 Å². The molecule has 1 N–H and O–H groups in total. The molecule has 3 aromatic rings. The quantitative estimate of drug-likeness (QED) is 0.673. The summed E-state index contributed by atoms with van der Waals surface area (Å²) in [6.07, 6.45) is 2.78. The highest BCUT2D eigenvalue weighted by molar-refractivity contribution is 5.89. The van der Waals surface area contributed by atoms with Gasteiger partial charge >= 0.3 is 6.09 Å². The Hall–Kier alpha value is -2.74. The molecule has 164 valence electrons. The third-order valence-electron chi connectivity index (χ3n) is 5.23. The Kier molecular flexibility index (Phi) is 6.09. The van der Waals surface area contributed by atoms with Crippen molar-refractivity contribution in [1.29, 1.82) is 0 Å². The molecular weight excluding hydrogens is 394 g/mol. The van der Waals surface area contributed by atoms with Crippen molar-refractivity contribution >= 4 is 17.1 Å². The van der Waals surface area contributed by atoms with Gasteiger partial charge < -0.3 is 14.2 Å². The zero-order valence-corrected chi connectivity index (χ0v) is 18.4. The number of aryl methyl sites for hydroxylation is 1. The molecule has 0 spiro atoms. The number of morpholine rings is 1. The van der Waals surface area contributed by atoms with Gasteiger partial charge in [-0.1, -0.05) is 30.3 Å². The van der Waals surface area contributed by atoms with E-state index in [0.29, 0.717) is 25.4 Å². The SMILES string of the molecule is Cc1c(C2CNC(OCc3ccccc3)CO2)cnc2c1ccn2C(=O)OC(C)(C)C. The number of hydrogen-bond acceptors (Lipinski definition) is 6. The van der Waals surface area contributed by atoms with E-state index in [1.165, 1.54) is 4.57 Å². The molecule has 0 saturated carbocycles. The first kappa shape index (κ1) is 21.5. The van der Waals surface area contributed by atoms with E-state index in [4.69, 9.17) is 14.2 Å². The number of aromatic nitrogens is 2. The largest absolute Gasteiger partial charge is 0.443 e. The molecule has 0 bridgehead atoms. The Morgan fingerprint density at radius 1 is 1.26 bits per heavy atom. The van der Waals surface area contributed by atoms with Gasteiger partial charge in [-0.05, 0) is 44.9 Å². The first-order valence-corrected chi connectivity index (χ1v) is 10.5. The number of pyridine rings is 1. The van der Waals surface area contributed by atoms with Crippen LogP contribution in [-0.2, 0) is 20.8 Å². The second-order valence-electron chi connectivity index (χ2n) is 8.76. The predicted octanol–water partition coefficient (Wildman–Crippen LogP) is 4.33. The second-order valence-corrected chi connectivity index (χ2v) is 8.76. The fourth-order valence-electron chi connectivity index (χ4n) is 3.65. The highest BCUT2D eigenvalue weighted by atomic mass is 16.6. The highest BCUT2D eigenvalue weighted by Crippen LogP contribution is 2.29. The van der Waals surface area contributed by atoms with Crippen molar-refractivity contribution in [2.75, 3.05) is 13.2 Å². The average Bonchev–Trinajstić information content (AvgIpc) is 3.18. The van der Waals surface area contributed by atoms with E-state index in [-0.39, 0.29) is 12.3 Å². The van der Waals surface area contributed by atoms with Crippen LogP contribution in [0.25, 0.3) is 11.0 Å². The second kappa shape index (κ2) is 8.78. The number of nitrogens with one attached hydrogen (secondary N) is 1. The summed E-state index contributed by atoms with van der Waals surface area (Å²) < 4.78 is 18.9. The number of nitrogens with zero attached hydrogens (tertiary/aromatic N) is 2. The molecule has 1 aliphatic heterocycles. The molecule has 1 aromatic carbocycles. The van der Waals surface area contributed by atoms with Gasteiger partial charge in [-0.15, -0.1) is 0 Å². The fourth-order valence-corrected chi connectivity index (χ4v) is 3.65. The molecule has 7 heteroatoms. The molecule has 2 unspecified atom stereocenters. The Morgan fingerprint density at radius 3 is 2.71 bits per heavy atom. The minimum absolute atomic E-state index is 0.127. The summed E-state index contributed by atoms with van der Waals surface area (Å²) in [7, 11) is 0. The number of fused-ring (bicyclic) bond motifs is 1. The van der Waals surface area contributed by atoms with Gasteiger partial charge in [0.15, 0.2) is 0 Å². The monoisotopic (exact) mass is 423 g/mol. The van der Waals surface area contributed by atoms with Crippen molar-refractivity contribution in [3.8, 4) is 0 Å². The lowest BCUT2D eigenvalue weighted by Crippen LogP contribution is -2.44. The van der Waals surface area contributed by atoms with Gasteiger partial charge in [0, 0.05) is 29.9 Å². The number of carbonyl (C=O) groups is 1. The van der Waals surface area contributed by atoms with Crippen LogP contribution in [-0.4, -0.2) is 40.6 Å². The molecule has 2 atom stereocenters. The molecule has 7 nitrogen and oxygen atoms in total. The molecule has 0 aliphatic carbocycles. The number of benzene rings is 1. The summed E-state index contributed by atoms with van der Waals surface area (Å²) in [5, 5.41) is 4.32. The molecule has 0 radical (unpaired) electrons. The third-order valence-corrected chi connectivity index (χ3v) is 5.23. The molecule has 1 fully saturated rings. The lowest BCUT2D eigenvalue weighted by Gasteiger charge is -2.31. The smallest absolute Gasteiger partial charge is 0.420 e. The number of hydrogen-bond donors (Lipinski definition) is 1. The van der Waals surface area contributed by atoms with Gasteiger partial charge in [-0.25, -0.2) is 14.3 Å². The number of rotatable bonds is 4. The lowest BCUT2D eigenvalue weighted by atomic mass is 10.0. The number of carbonyl (C=O) groups excluding carboxylic acids is 1. The molecule has 2 aromatic heterocycles. The molecule has 31 heavy (non-hydrogen) atoms. The summed E-state index contributed by atoms with van der Waals surface area (Å²) in [6.45, 7) is 9.18. The first-order valence-electron chi connectivity index (χ1n) is 10.5. The van der Waals surface area contributed by atoms with E-state index >= 15 is 0 Å². The maximum absolute atomic E-state index is 12.5. The van der Waals surface area contributed by atoms with Crippen LogP contribution in [0.4, 0.5) is 4.79 Å². The van der Waals surface area contributed by atoms with Crippen molar-refractivity contribution in [3.05, 3.63) is 65.5 Å². The zero-order chi connectivity index (χ0) is 22.0. The van der Waals surface area contributed by atoms with Crippen LogP contribution in [0.3, 0.4) is 0 Å². The maximum Gasteiger partial charge on any atom is 0.420 e. The Bertz CT molecular complexity index is 1050. The van der Waals surface area contributed by atoms with E-state index in [1.54, 1.807) is 12.4 Å². The van der Waals surface area contributed by atoms with E-state index in [0.717, 1.165) is 22.1 Å². The van der Waals surface area contributed by atoms with E-state index in [9.17, 15) is 4.79 Å². The minimum atomic E-state index is -0.566. The Morgan fingerprint density at radius 2 is 2.03 bits per heavy atom. The summed E-state index contributed by atoms with van der Waals surface area (Å²) in [6, 6.07) is 12.0. The van der Waals surface area contributed by atoms with Gasteiger partial charge in [0.1, 0.15) is 17.5 Å². The van der Waals surface area contributed by atoms with Crippen LogP contribution in [0, 0.1) is 6.92 Å². The van der Waals surface area contributed by atoms with Crippen LogP contribution in [0.2, 0.25) is 0 Å². The van der Waals surface area contributed by atoms with Crippen LogP contribution in [0.5, 0.6) is 0 Å². The molecule has 1 saturated heterocycles. The van der Waals surface area contributed by atoms with Gasteiger partial charge in [-0.2, -0.15) is 0 Å². The third kappa shape index (κ3) is 4.95. The van der Waals surface area contributed by atoms with Crippen LogP contribution < -0.4 is 5.32 Å². The standard InChI is InChI=1S/C24H29N3O4/c1-16-18-10-11-27(23(28)31-24(2,3)4)22(18)26-12-19(16)20-13-25-21(15-29-20)30-14-17-8-6-5-7-9-17/h5-12,20-21,25H,13-15H2,1-4H3. The minimum Gasteiger partial charge on any atom is -0.443 e. The van der Waals surface area contributed by atoms with Crippen molar-refractivity contribution in [3.63, 3.8) is 0 Å². The molecule has 0 amide bonds. The molecule has 1 aliphatic rings. The summed E-state index contributed by atoms with van der Waals surface area (Å²) >= 11 is 0. The normalized spacial score (nSPS) is 19.5. The van der Waals surface area contributed by atoms with Crippen molar-refractivity contribution in [2.24, 2.45) is 0 Å². The highest BCUT2D eigenvalue weighted by Gasteiger charge is 2.26. The number of ether oxygens (including phenoxy) is 3. The molecular formula is C24H29N3O4. The van der Waals surface area contributed by atoms with Crippen LogP contribution in [0.1, 0.15) is 43.6 Å². The van der Waals surface area contributed by atoms with E-state index in [1.807, 2.05) is 64.1 Å². The average molecular weight is 424 g/mol. The van der Waals surface area contributed by atoms with Gasteiger partial charge in [0.25, 0.3) is 0 Å². The summed E-state index contributed by atoms with van der Waals surface area (Å²) in [4.78, 5) is 17.0.